The smallest absolute Gasteiger partial charge is 0.0775 e. The molecule has 5 nitrogen and oxygen atoms in total. The summed E-state index contributed by atoms with van der Waals surface area (Å²) in [5.41, 5.74) is 6.84. The fourth-order valence-electron chi connectivity index (χ4n) is 2.30. The molecule has 5 heteroatoms. The van der Waals surface area contributed by atoms with E-state index in [1.807, 2.05) is 0 Å². The molecule has 0 aromatic rings. The molecule has 2 atom stereocenters. The molecule has 0 aromatic carbocycles. The summed E-state index contributed by atoms with van der Waals surface area (Å²) in [4.78, 5) is 2.35. The third-order valence-corrected chi connectivity index (χ3v) is 3.29. The summed E-state index contributed by atoms with van der Waals surface area (Å²) < 4.78 is 0. The SMILES string of the molecule is NC1CC[N]C(N2CCC(=NO)CC2)C1. The van der Waals surface area contributed by atoms with Gasteiger partial charge in [-0.05, 0) is 12.8 Å². The molecule has 0 saturated carbocycles. The van der Waals surface area contributed by atoms with E-state index in [2.05, 4.69) is 15.4 Å². The summed E-state index contributed by atoms with van der Waals surface area (Å²) in [5.74, 6) is 0. The van der Waals surface area contributed by atoms with Crippen LogP contribution in [0.1, 0.15) is 25.7 Å². The monoisotopic (exact) mass is 211 g/mol. The van der Waals surface area contributed by atoms with Crippen molar-refractivity contribution in [2.45, 2.75) is 37.9 Å². The molecule has 1 radical (unpaired) electrons. The summed E-state index contributed by atoms with van der Waals surface area (Å²) in [6.45, 7) is 2.78. The van der Waals surface area contributed by atoms with Crippen LogP contribution in [-0.4, -0.2) is 47.7 Å². The third-order valence-electron chi connectivity index (χ3n) is 3.29. The summed E-state index contributed by atoms with van der Waals surface area (Å²) in [5, 5.41) is 16.5. The van der Waals surface area contributed by atoms with Gasteiger partial charge in [0.2, 0.25) is 0 Å². The minimum absolute atomic E-state index is 0.300. The van der Waals surface area contributed by atoms with Gasteiger partial charge in [-0.15, -0.1) is 0 Å². The Labute approximate surface area is 90.3 Å². The first-order valence-corrected chi connectivity index (χ1v) is 5.65. The molecule has 2 fully saturated rings. The Morgan fingerprint density at radius 3 is 2.73 bits per heavy atom. The molecule has 85 valence electrons. The van der Waals surface area contributed by atoms with Gasteiger partial charge in [0.15, 0.2) is 0 Å². The number of oxime groups is 1. The van der Waals surface area contributed by atoms with E-state index in [9.17, 15) is 0 Å². The fourth-order valence-corrected chi connectivity index (χ4v) is 2.30. The molecule has 0 spiro atoms. The molecule has 2 saturated heterocycles. The Kier molecular flexibility index (Phi) is 3.56. The van der Waals surface area contributed by atoms with Crippen molar-refractivity contribution in [3.05, 3.63) is 0 Å². The number of hydrogen-bond donors (Lipinski definition) is 2. The van der Waals surface area contributed by atoms with Gasteiger partial charge < -0.3 is 10.9 Å². The number of nitrogens with two attached hydrogens (primary N) is 1. The van der Waals surface area contributed by atoms with Crippen LogP contribution in [0.2, 0.25) is 0 Å². The molecule has 2 aliphatic rings. The van der Waals surface area contributed by atoms with Crippen molar-refractivity contribution in [1.82, 2.24) is 10.2 Å². The molecule has 3 N–H and O–H groups in total. The summed E-state index contributed by atoms with van der Waals surface area (Å²) >= 11 is 0. The van der Waals surface area contributed by atoms with Gasteiger partial charge in [0.1, 0.15) is 0 Å². The van der Waals surface area contributed by atoms with Crippen LogP contribution in [0.3, 0.4) is 0 Å². The van der Waals surface area contributed by atoms with E-state index in [0.717, 1.165) is 51.0 Å². The second-order valence-electron chi connectivity index (χ2n) is 4.37. The number of rotatable bonds is 1. The van der Waals surface area contributed by atoms with Crippen molar-refractivity contribution in [1.29, 1.82) is 0 Å². The Morgan fingerprint density at radius 2 is 2.13 bits per heavy atom. The number of nitrogens with zero attached hydrogens (tertiary/aromatic N) is 3. The van der Waals surface area contributed by atoms with Crippen molar-refractivity contribution in [2.24, 2.45) is 10.9 Å². The summed E-state index contributed by atoms with van der Waals surface area (Å²) in [6, 6.07) is 0.306. The Morgan fingerprint density at radius 1 is 1.40 bits per heavy atom. The highest BCUT2D eigenvalue weighted by Crippen LogP contribution is 2.16. The zero-order chi connectivity index (χ0) is 10.7. The molecular formula is C10H19N4O. The molecule has 2 aliphatic heterocycles. The van der Waals surface area contributed by atoms with E-state index in [-0.39, 0.29) is 0 Å². The second kappa shape index (κ2) is 4.92. The van der Waals surface area contributed by atoms with E-state index < -0.39 is 0 Å². The van der Waals surface area contributed by atoms with Gasteiger partial charge in [-0.25, -0.2) is 5.32 Å². The van der Waals surface area contributed by atoms with Gasteiger partial charge in [0.05, 0.1) is 11.9 Å². The minimum Gasteiger partial charge on any atom is -0.411 e. The number of likely N-dealkylation sites (tertiary alicyclic amines) is 1. The molecule has 0 amide bonds. The van der Waals surface area contributed by atoms with Crippen LogP contribution < -0.4 is 11.1 Å². The van der Waals surface area contributed by atoms with Gasteiger partial charge in [-0.1, -0.05) is 5.16 Å². The number of piperidine rings is 2. The standard InChI is InChI=1S/C10H19N4O/c11-8-1-4-12-10(7-8)14-5-2-9(13-15)3-6-14/h8,10,15H,1-7,11H2. The molecule has 0 aromatic heterocycles. The average Bonchev–Trinajstić information content (AvgIpc) is 2.29. The van der Waals surface area contributed by atoms with E-state index >= 15 is 0 Å². The van der Waals surface area contributed by atoms with Crippen LogP contribution in [0.25, 0.3) is 0 Å². The van der Waals surface area contributed by atoms with Gasteiger partial charge in [-0.3, -0.25) is 4.90 Å². The van der Waals surface area contributed by atoms with Crippen molar-refractivity contribution >= 4 is 5.71 Å². The average molecular weight is 211 g/mol. The van der Waals surface area contributed by atoms with Crippen LogP contribution in [0.15, 0.2) is 5.16 Å². The largest absolute Gasteiger partial charge is 0.411 e. The van der Waals surface area contributed by atoms with Crippen molar-refractivity contribution < 1.29 is 5.21 Å². The molecule has 15 heavy (non-hydrogen) atoms. The quantitative estimate of drug-likeness (QED) is 0.472. The Balaban J connectivity index is 1.84. The Bertz CT molecular complexity index is 234. The molecule has 2 rings (SSSR count). The molecule has 2 heterocycles. The van der Waals surface area contributed by atoms with E-state index in [0.29, 0.717) is 12.2 Å². The van der Waals surface area contributed by atoms with Crippen molar-refractivity contribution in [3.8, 4) is 0 Å². The van der Waals surface area contributed by atoms with Gasteiger partial charge in [0, 0.05) is 38.5 Å². The third kappa shape index (κ3) is 2.68. The van der Waals surface area contributed by atoms with E-state index in [1.165, 1.54) is 0 Å². The highest BCUT2D eigenvalue weighted by atomic mass is 16.4. The maximum Gasteiger partial charge on any atom is 0.0775 e. The van der Waals surface area contributed by atoms with E-state index in [4.69, 9.17) is 10.9 Å². The molecule has 2 unspecified atom stereocenters. The molecule has 0 aliphatic carbocycles. The zero-order valence-corrected chi connectivity index (χ0v) is 8.97. The lowest BCUT2D eigenvalue weighted by molar-refractivity contribution is 0.124. The lowest BCUT2D eigenvalue weighted by Gasteiger charge is -2.38. The Hall–Kier alpha value is -0.650. The van der Waals surface area contributed by atoms with Crippen LogP contribution >= 0.6 is 0 Å². The van der Waals surface area contributed by atoms with Crippen molar-refractivity contribution in [3.63, 3.8) is 0 Å². The lowest BCUT2D eigenvalue weighted by Crippen LogP contribution is -2.52. The van der Waals surface area contributed by atoms with Crippen LogP contribution in [0.4, 0.5) is 0 Å². The van der Waals surface area contributed by atoms with E-state index in [1.54, 1.807) is 0 Å². The zero-order valence-electron chi connectivity index (χ0n) is 8.97. The maximum atomic E-state index is 8.66. The minimum atomic E-state index is 0.300. The topological polar surface area (TPSA) is 76.0 Å². The van der Waals surface area contributed by atoms with Crippen LogP contribution in [-0.2, 0) is 0 Å². The van der Waals surface area contributed by atoms with Gasteiger partial charge >= 0.3 is 0 Å². The maximum absolute atomic E-state index is 8.66. The first-order chi connectivity index (χ1) is 7.29. The van der Waals surface area contributed by atoms with Crippen LogP contribution in [0, 0.1) is 0 Å². The predicted octanol–water partition coefficient (Wildman–Crippen LogP) is -0.0360. The highest BCUT2D eigenvalue weighted by Gasteiger charge is 2.27. The first kappa shape index (κ1) is 10.9. The second-order valence-corrected chi connectivity index (χ2v) is 4.37. The molecular weight excluding hydrogens is 192 g/mol. The summed E-state index contributed by atoms with van der Waals surface area (Å²) in [6.07, 6.45) is 4.02. The fraction of sp³-hybridized carbons (Fsp3) is 0.900. The van der Waals surface area contributed by atoms with Crippen molar-refractivity contribution in [2.75, 3.05) is 19.6 Å². The first-order valence-electron chi connectivity index (χ1n) is 5.65. The highest BCUT2D eigenvalue weighted by molar-refractivity contribution is 5.84. The van der Waals surface area contributed by atoms with Gasteiger partial charge in [-0.2, -0.15) is 0 Å². The van der Waals surface area contributed by atoms with Crippen LogP contribution in [0.5, 0.6) is 0 Å². The predicted molar refractivity (Wildman–Crippen MR) is 58.0 cm³/mol. The lowest BCUT2D eigenvalue weighted by atomic mass is 10.0. The van der Waals surface area contributed by atoms with Gasteiger partial charge in [0.25, 0.3) is 0 Å². The summed E-state index contributed by atoms with van der Waals surface area (Å²) in [7, 11) is 0. The normalized spacial score (nSPS) is 34.1. The number of hydrogen-bond acceptors (Lipinski definition) is 4. The molecule has 0 bridgehead atoms.